The van der Waals surface area contributed by atoms with Crippen molar-refractivity contribution in [2.45, 2.75) is 17.9 Å². The molecule has 0 aliphatic carbocycles. The summed E-state index contributed by atoms with van der Waals surface area (Å²) in [6.07, 6.45) is 0.879. The molecule has 0 radical (unpaired) electrons. The minimum atomic E-state index is -0.326. The van der Waals surface area contributed by atoms with Gasteiger partial charge in [-0.2, -0.15) is 0 Å². The Morgan fingerprint density at radius 1 is 0.933 bits per heavy atom. The van der Waals surface area contributed by atoms with Gasteiger partial charge in [0.2, 0.25) is 5.91 Å². The topological polar surface area (TPSA) is 58.6 Å². The average molecular weight is 419 g/mol. The summed E-state index contributed by atoms with van der Waals surface area (Å²) in [6.45, 7) is 0.989. The van der Waals surface area contributed by atoms with Crippen molar-refractivity contribution in [2.75, 3.05) is 17.2 Å². The Morgan fingerprint density at radius 3 is 2.53 bits per heavy atom. The fraction of sp³-hybridized carbons (Fsp3) is 0.167. The lowest BCUT2D eigenvalue weighted by Crippen LogP contribution is -2.30. The number of fused-ring (bicyclic) bond motifs is 1. The first-order valence-corrected chi connectivity index (χ1v) is 10.8. The third kappa shape index (κ3) is 4.72. The highest BCUT2D eigenvalue weighted by atomic mass is 32.2. The Kier molecular flexibility index (Phi) is 6.47. The molecule has 6 heteroatoms. The third-order valence-corrected chi connectivity index (χ3v) is 5.98. The molecule has 3 aromatic rings. The van der Waals surface area contributed by atoms with Gasteiger partial charge in [0.05, 0.1) is 17.9 Å². The second-order valence-corrected chi connectivity index (χ2v) is 7.93. The normalized spacial score (nSPS) is 12.5. The number of anilines is 1. The van der Waals surface area contributed by atoms with Crippen LogP contribution in [0.2, 0.25) is 0 Å². The van der Waals surface area contributed by atoms with Crippen LogP contribution in [0, 0.1) is 0 Å². The lowest BCUT2D eigenvalue weighted by Gasteiger charge is -2.17. The molecule has 0 aromatic heterocycles. The molecule has 0 fully saturated rings. The van der Waals surface area contributed by atoms with Crippen LogP contribution in [0.1, 0.15) is 21.5 Å². The Hall–Kier alpha value is -3.09. The number of hydrogen-bond acceptors (Lipinski definition) is 4. The van der Waals surface area contributed by atoms with Crippen LogP contribution in [0.25, 0.3) is 0 Å². The molecule has 4 rings (SSSR count). The molecule has 1 N–H and O–H groups in total. The van der Waals surface area contributed by atoms with E-state index in [0.717, 1.165) is 22.6 Å². The fourth-order valence-corrected chi connectivity index (χ4v) is 4.33. The Bertz CT molecular complexity index is 1040. The molecule has 1 heterocycles. The van der Waals surface area contributed by atoms with Crippen molar-refractivity contribution in [1.29, 1.82) is 0 Å². The first kappa shape index (κ1) is 20.2. The van der Waals surface area contributed by atoms with Crippen LogP contribution >= 0.6 is 11.8 Å². The highest BCUT2D eigenvalue weighted by molar-refractivity contribution is 8.00. The zero-order valence-electron chi connectivity index (χ0n) is 16.4. The van der Waals surface area contributed by atoms with Crippen molar-refractivity contribution < 1.29 is 14.4 Å². The molecule has 0 atom stereocenters. The number of benzene rings is 3. The van der Waals surface area contributed by atoms with Crippen molar-refractivity contribution in [3.05, 3.63) is 95.6 Å². The largest absolute Gasteiger partial charge is 0.311 e. The average Bonchev–Trinajstić information content (AvgIpc) is 3.23. The maximum absolute atomic E-state index is 12.8. The first-order valence-electron chi connectivity index (χ1n) is 9.78. The SMILES string of the molecule is O=C(NOCc1ccccc1)c1ccccc1SCC(=O)N1CCc2ccccc21. The van der Waals surface area contributed by atoms with Crippen LogP contribution in [0.5, 0.6) is 0 Å². The second-order valence-electron chi connectivity index (χ2n) is 6.91. The van der Waals surface area contributed by atoms with Crippen molar-refractivity contribution in [2.24, 2.45) is 0 Å². The van der Waals surface area contributed by atoms with Crippen molar-refractivity contribution in [1.82, 2.24) is 5.48 Å². The molecule has 3 aromatic carbocycles. The molecule has 0 saturated carbocycles. The summed E-state index contributed by atoms with van der Waals surface area (Å²) in [4.78, 5) is 33.3. The number of nitrogens with one attached hydrogen (secondary N) is 1. The van der Waals surface area contributed by atoms with Crippen LogP contribution in [0.4, 0.5) is 5.69 Å². The standard InChI is InChI=1S/C24H22N2O3S/c27-23(26-15-14-19-10-4-6-12-21(19)26)17-30-22-13-7-5-11-20(22)24(28)25-29-16-18-8-2-1-3-9-18/h1-13H,14-17H2,(H,25,28). The predicted molar refractivity (Wildman–Crippen MR) is 118 cm³/mol. The number of rotatable bonds is 7. The quantitative estimate of drug-likeness (QED) is 0.461. The van der Waals surface area contributed by atoms with Gasteiger partial charge in [-0.1, -0.05) is 60.7 Å². The molecular formula is C24H22N2O3S. The number of para-hydroxylation sites is 1. The van der Waals surface area contributed by atoms with Gasteiger partial charge in [0.25, 0.3) is 5.91 Å². The molecule has 0 unspecified atom stereocenters. The van der Waals surface area contributed by atoms with Crippen LogP contribution in [0.15, 0.2) is 83.8 Å². The summed E-state index contributed by atoms with van der Waals surface area (Å²) < 4.78 is 0. The second kappa shape index (κ2) is 9.61. The van der Waals surface area contributed by atoms with Gasteiger partial charge in [0, 0.05) is 17.1 Å². The molecule has 0 spiro atoms. The van der Waals surface area contributed by atoms with Gasteiger partial charge >= 0.3 is 0 Å². The Balaban J connectivity index is 1.35. The van der Waals surface area contributed by atoms with E-state index in [1.807, 2.05) is 65.6 Å². The summed E-state index contributed by atoms with van der Waals surface area (Å²) >= 11 is 1.37. The summed E-state index contributed by atoms with van der Waals surface area (Å²) in [6, 6.07) is 24.9. The minimum Gasteiger partial charge on any atom is -0.311 e. The van der Waals surface area contributed by atoms with E-state index in [-0.39, 0.29) is 24.2 Å². The maximum Gasteiger partial charge on any atom is 0.275 e. The van der Waals surface area contributed by atoms with E-state index < -0.39 is 0 Å². The summed E-state index contributed by atoms with van der Waals surface area (Å²) in [5.41, 5.74) is 6.15. The molecule has 1 aliphatic heterocycles. The monoisotopic (exact) mass is 418 g/mol. The van der Waals surface area contributed by atoms with E-state index in [1.165, 1.54) is 17.3 Å². The molecule has 1 aliphatic rings. The van der Waals surface area contributed by atoms with Crippen molar-refractivity contribution in [3.63, 3.8) is 0 Å². The number of nitrogens with zero attached hydrogens (tertiary/aromatic N) is 1. The number of amides is 2. The lowest BCUT2D eigenvalue weighted by molar-refractivity contribution is -0.116. The van der Waals surface area contributed by atoms with Crippen LogP contribution in [-0.4, -0.2) is 24.1 Å². The van der Waals surface area contributed by atoms with E-state index in [0.29, 0.717) is 12.1 Å². The zero-order valence-corrected chi connectivity index (χ0v) is 17.2. The predicted octanol–water partition coefficient (Wildman–Crippen LogP) is 4.23. The maximum atomic E-state index is 12.8. The van der Waals surface area contributed by atoms with Gasteiger partial charge in [0.1, 0.15) is 0 Å². The summed E-state index contributed by atoms with van der Waals surface area (Å²) in [5, 5.41) is 0. The third-order valence-electron chi connectivity index (χ3n) is 4.92. The van der Waals surface area contributed by atoms with Gasteiger partial charge in [-0.15, -0.1) is 11.8 Å². The molecular weight excluding hydrogens is 396 g/mol. The Morgan fingerprint density at radius 2 is 1.67 bits per heavy atom. The summed E-state index contributed by atoms with van der Waals surface area (Å²) in [5.74, 6) is -0.0164. The molecule has 30 heavy (non-hydrogen) atoms. The zero-order chi connectivity index (χ0) is 20.8. The lowest BCUT2D eigenvalue weighted by atomic mass is 10.2. The Labute approximate surface area is 180 Å². The number of hydrogen-bond donors (Lipinski definition) is 1. The molecule has 5 nitrogen and oxygen atoms in total. The smallest absolute Gasteiger partial charge is 0.275 e. The molecule has 152 valence electrons. The van der Waals surface area contributed by atoms with E-state index in [1.54, 1.807) is 12.1 Å². The minimum absolute atomic E-state index is 0.0421. The van der Waals surface area contributed by atoms with Gasteiger partial charge in [-0.3, -0.25) is 14.4 Å². The number of thioether (sulfide) groups is 1. The number of carbonyl (C=O) groups is 2. The van der Waals surface area contributed by atoms with Gasteiger partial charge in [-0.05, 0) is 35.7 Å². The van der Waals surface area contributed by atoms with Crippen LogP contribution < -0.4 is 10.4 Å². The fourth-order valence-electron chi connectivity index (χ4n) is 3.41. The van der Waals surface area contributed by atoms with Gasteiger partial charge in [-0.25, -0.2) is 5.48 Å². The highest BCUT2D eigenvalue weighted by Gasteiger charge is 2.24. The van der Waals surface area contributed by atoms with E-state index in [9.17, 15) is 9.59 Å². The number of hydroxylamine groups is 1. The van der Waals surface area contributed by atoms with E-state index >= 15 is 0 Å². The molecule has 0 saturated heterocycles. The molecule has 2 amide bonds. The number of carbonyl (C=O) groups excluding carboxylic acids is 2. The van der Waals surface area contributed by atoms with E-state index in [2.05, 4.69) is 11.5 Å². The summed E-state index contributed by atoms with van der Waals surface area (Å²) in [7, 11) is 0. The van der Waals surface area contributed by atoms with Gasteiger partial charge in [0.15, 0.2) is 0 Å². The van der Waals surface area contributed by atoms with Gasteiger partial charge < -0.3 is 4.90 Å². The van der Waals surface area contributed by atoms with Crippen LogP contribution in [-0.2, 0) is 22.7 Å². The van der Waals surface area contributed by atoms with Crippen molar-refractivity contribution in [3.8, 4) is 0 Å². The van der Waals surface area contributed by atoms with Crippen LogP contribution in [0.3, 0.4) is 0 Å². The van der Waals surface area contributed by atoms with E-state index in [4.69, 9.17) is 4.84 Å². The molecule has 0 bridgehead atoms. The van der Waals surface area contributed by atoms with Crippen molar-refractivity contribution >= 4 is 29.3 Å². The first-order chi connectivity index (χ1) is 14.7. The highest BCUT2D eigenvalue weighted by Crippen LogP contribution is 2.29.